The number of hydrogen-bond donors (Lipinski definition) is 0. The number of para-hydroxylation sites is 1. The third kappa shape index (κ3) is 4.52. The lowest BCUT2D eigenvalue weighted by Crippen LogP contribution is -2.15. The van der Waals surface area contributed by atoms with Gasteiger partial charge in [0.15, 0.2) is 0 Å². The molecule has 0 saturated heterocycles. The molecule has 3 heterocycles. The lowest BCUT2D eigenvalue weighted by atomic mass is 9.81. The number of hydrogen-bond acceptors (Lipinski definition) is 3. The Morgan fingerprint density at radius 2 is 1.09 bits per heavy atom. The Kier molecular flexibility index (Phi) is 6.47. The fraction of sp³-hybridized carbons (Fsp3) is 0.0612. The summed E-state index contributed by atoms with van der Waals surface area (Å²) in [4.78, 5) is 10.6. The van der Waals surface area contributed by atoms with E-state index in [-0.39, 0.29) is 5.41 Å². The molecule has 0 bridgehead atoms. The normalized spacial score (nSPS) is 13.2. The molecule has 0 radical (unpaired) electrons. The van der Waals surface area contributed by atoms with E-state index in [1.165, 1.54) is 64.3 Å². The van der Waals surface area contributed by atoms with Crippen LogP contribution in [0.5, 0.6) is 0 Å². The molecule has 0 saturated carbocycles. The molecule has 0 fully saturated rings. The Bertz CT molecular complexity index is 3020. The SMILES string of the molecule is CC1(C)c2cc(-c3cccc4c3sc3ccccc34)ccc2-c2cc3c(cc21)c1ccccc1n3-c1nc(-c2ccccc2)cc(-c2ccccc2)n1. The number of benzene rings is 7. The molecule has 53 heavy (non-hydrogen) atoms. The topological polar surface area (TPSA) is 30.7 Å². The summed E-state index contributed by atoms with van der Waals surface area (Å²) < 4.78 is 4.95. The summed E-state index contributed by atoms with van der Waals surface area (Å²) in [6.07, 6.45) is 0. The van der Waals surface area contributed by atoms with Gasteiger partial charge in [-0.3, -0.25) is 4.57 Å². The van der Waals surface area contributed by atoms with E-state index < -0.39 is 0 Å². The smallest absolute Gasteiger partial charge is 0.235 e. The molecule has 10 aromatic rings. The van der Waals surface area contributed by atoms with Crippen LogP contribution >= 0.6 is 11.3 Å². The van der Waals surface area contributed by atoms with Crippen molar-refractivity contribution in [3.63, 3.8) is 0 Å². The molecule has 0 spiro atoms. The van der Waals surface area contributed by atoms with Crippen LogP contribution in [-0.4, -0.2) is 14.5 Å². The van der Waals surface area contributed by atoms with Gasteiger partial charge in [0.25, 0.3) is 0 Å². The molecule has 7 aromatic carbocycles. The Morgan fingerprint density at radius 1 is 0.453 bits per heavy atom. The van der Waals surface area contributed by atoms with E-state index in [0.29, 0.717) is 5.95 Å². The van der Waals surface area contributed by atoms with Crippen molar-refractivity contribution in [3.05, 3.63) is 175 Å². The van der Waals surface area contributed by atoms with Gasteiger partial charge in [-0.25, -0.2) is 9.97 Å². The van der Waals surface area contributed by atoms with Gasteiger partial charge in [0.2, 0.25) is 5.95 Å². The van der Waals surface area contributed by atoms with Gasteiger partial charge in [-0.15, -0.1) is 11.3 Å². The maximum absolute atomic E-state index is 5.28. The van der Waals surface area contributed by atoms with Crippen LogP contribution in [0.2, 0.25) is 0 Å². The van der Waals surface area contributed by atoms with Crippen molar-refractivity contribution in [2.45, 2.75) is 19.3 Å². The highest BCUT2D eigenvalue weighted by Crippen LogP contribution is 2.52. The number of nitrogens with zero attached hydrogens (tertiary/aromatic N) is 3. The first-order valence-electron chi connectivity index (χ1n) is 18.2. The van der Waals surface area contributed by atoms with Crippen molar-refractivity contribution in [2.75, 3.05) is 0 Å². The zero-order valence-electron chi connectivity index (χ0n) is 29.3. The molecule has 4 heteroatoms. The van der Waals surface area contributed by atoms with E-state index in [1.54, 1.807) is 0 Å². The molecule has 0 atom stereocenters. The van der Waals surface area contributed by atoms with E-state index in [0.717, 1.165) is 33.5 Å². The first-order valence-corrected chi connectivity index (χ1v) is 19.0. The van der Waals surface area contributed by atoms with E-state index in [1.807, 2.05) is 23.5 Å². The van der Waals surface area contributed by atoms with Crippen molar-refractivity contribution in [3.8, 4) is 50.7 Å². The Labute approximate surface area is 311 Å². The van der Waals surface area contributed by atoms with Crippen LogP contribution in [0.3, 0.4) is 0 Å². The predicted molar refractivity (Wildman–Crippen MR) is 223 cm³/mol. The molecule has 250 valence electrons. The fourth-order valence-electron chi connectivity index (χ4n) is 8.60. The Balaban J connectivity index is 1.13. The number of rotatable bonds is 4. The minimum absolute atomic E-state index is 0.184. The first kappa shape index (κ1) is 30.3. The van der Waals surface area contributed by atoms with Crippen LogP contribution in [0.15, 0.2) is 164 Å². The zero-order chi connectivity index (χ0) is 35.3. The van der Waals surface area contributed by atoms with E-state index in [2.05, 4.69) is 170 Å². The van der Waals surface area contributed by atoms with Gasteiger partial charge >= 0.3 is 0 Å². The van der Waals surface area contributed by atoms with Gasteiger partial charge in [-0.1, -0.05) is 141 Å². The van der Waals surface area contributed by atoms with Crippen molar-refractivity contribution < 1.29 is 0 Å². The highest BCUT2D eigenvalue weighted by atomic mass is 32.1. The lowest BCUT2D eigenvalue weighted by Gasteiger charge is -2.22. The van der Waals surface area contributed by atoms with Gasteiger partial charge in [0, 0.05) is 47.5 Å². The molecule has 0 aliphatic heterocycles. The molecule has 0 unspecified atom stereocenters. The van der Waals surface area contributed by atoms with Crippen molar-refractivity contribution in [2.24, 2.45) is 0 Å². The maximum atomic E-state index is 5.28. The van der Waals surface area contributed by atoms with Gasteiger partial charge < -0.3 is 0 Å². The summed E-state index contributed by atoms with van der Waals surface area (Å²) in [6.45, 7) is 4.76. The number of thiophene rings is 1. The Morgan fingerprint density at radius 3 is 1.85 bits per heavy atom. The van der Waals surface area contributed by atoms with E-state index in [9.17, 15) is 0 Å². The highest BCUT2D eigenvalue weighted by Gasteiger charge is 2.37. The number of aromatic nitrogens is 3. The average Bonchev–Trinajstić information content (AvgIpc) is 3.83. The first-order chi connectivity index (χ1) is 26.0. The summed E-state index contributed by atoms with van der Waals surface area (Å²) in [5.41, 5.74) is 13.8. The summed E-state index contributed by atoms with van der Waals surface area (Å²) in [6, 6.07) is 59.1. The average molecular weight is 696 g/mol. The maximum Gasteiger partial charge on any atom is 0.235 e. The number of fused-ring (bicyclic) bond motifs is 9. The van der Waals surface area contributed by atoms with Crippen molar-refractivity contribution in [1.29, 1.82) is 0 Å². The predicted octanol–water partition coefficient (Wildman–Crippen LogP) is 13.2. The second kappa shape index (κ2) is 11.3. The second-order valence-corrected chi connectivity index (χ2v) is 15.7. The van der Waals surface area contributed by atoms with E-state index >= 15 is 0 Å². The standard InChI is InChI=1S/C49H33N3S/c1-49(2)40-26-32(33-20-13-21-37-36-19-10-12-23-46(36)53-47(33)37)24-25-34(40)38-28-45-39(27-41(38)49)35-18-9-11-22-44(35)52(45)48-50-42(30-14-5-3-6-15-30)29-43(51-48)31-16-7-4-8-17-31/h3-29H,1-2H3. The molecule has 0 N–H and O–H groups in total. The van der Waals surface area contributed by atoms with Crippen molar-refractivity contribution >= 4 is 53.3 Å². The molecule has 1 aliphatic carbocycles. The van der Waals surface area contributed by atoms with Crippen LogP contribution in [0.25, 0.3) is 92.7 Å². The van der Waals surface area contributed by atoms with Crippen molar-refractivity contribution in [1.82, 2.24) is 14.5 Å². The minimum Gasteiger partial charge on any atom is -0.278 e. The van der Waals surface area contributed by atoms with Gasteiger partial charge in [0.05, 0.1) is 22.4 Å². The third-order valence-electron chi connectivity index (χ3n) is 11.2. The largest absolute Gasteiger partial charge is 0.278 e. The summed E-state index contributed by atoms with van der Waals surface area (Å²) in [5.74, 6) is 0.667. The zero-order valence-corrected chi connectivity index (χ0v) is 30.2. The summed E-state index contributed by atoms with van der Waals surface area (Å²) in [5, 5.41) is 5.07. The van der Waals surface area contributed by atoms with Gasteiger partial charge in [-0.2, -0.15) is 0 Å². The van der Waals surface area contributed by atoms with Crippen LogP contribution in [0.4, 0.5) is 0 Å². The molecular weight excluding hydrogens is 663 g/mol. The van der Waals surface area contributed by atoms with Crippen LogP contribution < -0.4 is 0 Å². The quantitative estimate of drug-likeness (QED) is 0.183. The van der Waals surface area contributed by atoms with Crippen LogP contribution in [-0.2, 0) is 5.41 Å². The van der Waals surface area contributed by atoms with Crippen LogP contribution in [0, 0.1) is 0 Å². The Hall–Kier alpha value is -6.36. The lowest BCUT2D eigenvalue weighted by molar-refractivity contribution is 0.661. The van der Waals surface area contributed by atoms with Gasteiger partial charge in [-0.05, 0) is 69.8 Å². The molecule has 3 nitrogen and oxygen atoms in total. The highest BCUT2D eigenvalue weighted by molar-refractivity contribution is 7.26. The monoisotopic (exact) mass is 695 g/mol. The van der Waals surface area contributed by atoms with Crippen LogP contribution in [0.1, 0.15) is 25.0 Å². The molecule has 3 aromatic heterocycles. The minimum atomic E-state index is -0.184. The molecular formula is C49H33N3S. The second-order valence-electron chi connectivity index (χ2n) is 14.6. The summed E-state index contributed by atoms with van der Waals surface area (Å²) >= 11 is 1.89. The van der Waals surface area contributed by atoms with Gasteiger partial charge in [0.1, 0.15) is 0 Å². The molecule has 0 amide bonds. The fourth-order valence-corrected chi connectivity index (χ4v) is 9.84. The van der Waals surface area contributed by atoms with E-state index in [4.69, 9.17) is 9.97 Å². The third-order valence-corrected chi connectivity index (χ3v) is 12.5. The molecule has 11 rings (SSSR count). The summed E-state index contributed by atoms with van der Waals surface area (Å²) in [7, 11) is 0. The molecule has 1 aliphatic rings.